The summed E-state index contributed by atoms with van der Waals surface area (Å²) in [5, 5.41) is 0. The number of hydrogen-bond acceptors (Lipinski definition) is 1. The minimum absolute atomic E-state index is 0.354. The van der Waals surface area contributed by atoms with Crippen LogP contribution in [-0.2, 0) is 4.79 Å². The van der Waals surface area contributed by atoms with Crippen molar-refractivity contribution < 1.29 is 4.79 Å². The molecular formula is C17H26O. The number of ketones is 1. The van der Waals surface area contributed by atoms with Crippen molar-refractivity contribution in [1.82, 2.24) is 0 Å². The Labute approximate surface area is 112 Å². The third-order valence-electron chi connectivity index (χ3n) is 3.60. The lowest BCUT2D eigenvalue weighted by Gasteiger charge is -2.04. The lowest BCUT2D eigenvalue weighted by Crippen LogP contribution is -1.97. The third-order valence-corrected chi connectivity index (χ3v) is 3.60. The zero-order chi connectivity index (χ0) is 13.4. The molecule has 2 rings (SSSR count). The number of rotatable bonds is 3. The van der Waals surface area contributed by atoms with E-state index in [1.807, 2.05) is 0 Å². The third kappa shape index (κ3) is 6.58. The molecule has 0 saturated heterocycles. The van der Waals surface area contributed by atoms with Crippen molar-refractivity contribution in [3.05, 3.63) is 35.4 Å². The minimum atomic E-state index is 0.354. The van der Waals surface area contributed by atoms with Gasteiger partial charge in [-0.1, -0.05) is 61.1 Å². The summed E-state index contributed by atoms with van der Waals surface area (Å²) in [5.41, 5.74) is 2.66. The zero-order valence-electron chi connectivity index (χ0n) is 12.0. The highest BCUT2D eigenvalue weighted by Gasteiger charge is 2.14. The monoisotopic (exact) mass is 246 g/mol. The maximum absolute atomic E-state index is 10.6. The summed E-state index contributed by atoms with van der Waals surface area (Å²) >= 11 is 0. The van der Waals surface area contributed by atoms with E-state index in [4.69, 9.17) is 0 Å². The number of aryl methyl sites for hydroxylation is 2. The normalized spacial score (nSPS) is 15.1. The van der Waals surface area contributed by atoms with E-state index >= 15 is 0 Å². The Kier molecular flexibility index (Phi) is 6.70. The predicted molar refractivity (Wildman–Crippen MR) is 77.8 cm³/mol. The first-order chi connectivity index (χ1) is 8.58. The van der Waals surface area contributed by atoms with E-state index < -0.39 is 0 Å². The van der Waals surface area contributed by atoms with Gasteiger partial charge in [-0.25, -0.2) is 0 Å². The molecule has 0 N–H and O–H groups in total. The standard InChI is InChI=1S/C9H16O.C8H10/c1-8(10)6-7-9-4-2-3-5-9;1-7-3-5-8(2)6-4-7/h9H,2-7H2,1H3;3-6H,1-2H3. The lowest BCUT2D eigenvalue weighted by molar-refractivity contribution is -0.117. The van der Waals surface area contributed by atoms with Crippen molar-refractivity contribution >= 4 is 5.78 Å². The molecule has 0 aliphatic heterocycles. The van der Waals surface area contributed by atoms with Gasteiger partial charge in [0.15, 0.2) is 0 Å². The van der Waals surface area contributed by atoms with Crippen LogP contribution in [0, 0.1) is 19.8 Å². The van der Waals surface area contributed by atoms with Crippen molar-refractivity contribution in [3.63, 3.8) is 0 Å². The summed E-state index contributed by atoms with van der Waals surface area (Å²) in [6.45, 7) is 5.88. The number of hydrogen-bond donors (Lipinski definition) is 0. The van der Waals surface area contributed by atoms with E-state index in [2.05, 4.69) is 38.1 Å². The molecule has 0 aromatic heterocycles. The van der Waals surface area contributed by atoms with Gasteiger partial charge in [0.1, 0.15) is 5.78 Å². The van der Waals surface area contributed by atoms with E-state index in [-0.39, 0.29) is 0 Å². The van der Waals surface area contributed by atoms with Crippen LogP contribution in [0.5, 0.6) is 0 Å². The summed E-state index contributed by atoms with van der Waals surface area (Å²) < 4.78 is 0. The molecule has 1 fully saturated rings. The second-order valence-electron chi connectivity index (χ2n) is 5.55. The molecule has 1 aromatic rings. The fourth-order valence-corrected chi connectivity index (χ4v) is 2.34. The number of Topliss-reactive ketones (excluding diaryl/α,β-unsaturated/α-hetero) is 1. The molecule has 0 unspecified atom stereocenters. The van der Waals surface area contributed by atoms with Gasteiger partial charge >= 0.3 is 0 Å². The molecule has 1 heteroatoms. The SMILES string of the molecule is CC(=O)CCC1CCCC1.Cc1ccc(C)cc1. The Balaban J connectivity index is 0.000000184. The molecule has 1 aromatic carbocycles. The largest absolute Gasteiger partial charge is 0.300 e. The molecule has 0 heterocycles. The van der Waals surface area contributed by atoms with Crippen molar-refractivity contribution in [3.8, 4) is 0 Å². The molecule has 1 aliphatic rings. The average molecular weight is 246 g/mol. The van der Waals surface area contributed by atoms with Crippen LogP contribution in [0.1, 0.15) is 56.6 Å². The van der Waals surface area contributed by atoms with Crippen LogP contribution in [0.3, 0.4) is 0 Å². The molecule has 100 valence electrons. The molecule has 0 spiro atoms. The van der Waals surface area contributed by atoms with Gasteiger partial charge in [0.25, 0.3) is 0 Å². The second-order valence-corrected chi connectivity index (χ2v) is 5.55. The van der Waals surface area contributed by atoms with Gasteiger partial charge in [0, 0.05) is 6.42 Å². The van der Waals surface area contributed by atoms with Crippen LogP contribution in [0.4, 0.5) is 0 Å². The summed E-state index contributed by atoms with van der Waals surface area (Å²) in [6.07, 6.45) is 7.48. The first-order valence-corrected chi connectivity index (χ1v) is 7.10. The molecule has 0 atom stereocenters. The van der Waals surface area contributed by atoms with Crippen LogP contribution in [0.15, 0.2) is 24.3 Å². The maximum atomic E-state index is 10.6. The zero-order valence-corrected chi connectivity index (χ0v) is 12.0. The van der Waals surface area contributed by atoms with E-state index in [9.17, 15) is 4.79 Å². The molecule has 0 bridgehead atoms. The Morgan fingerprint density at radius 2 is 1.50 bits per heavy atom. The van der Waals surface area contributed by atoms with Crippen LogP contribution >= 0.6 is 0 Å². The smallest absolute Gasteiger partial charge is 0.129 e. The summed E-state index contributed by atoms with van der Waals surface area (Å²) in [5.74, 6) is 1.23. The first kappa shape index (κ1) is 14.9. The van der Waals surface area contributed by atoms with E-state index in [1.54, 1.807) is 6.92 Å². The number of carbonyl (C=O) groups is 1. The Hall–Kier alpha value is -1.11. The minimum Gasteiger partial charge on any atom is -0.300 e. The molecule has 1 aliphatic carbocycles. The van der Waals surface area contributed by atoms with Gasteiger partial charge in [-0.15, -0.1) is 0 Å². The van der Waals surface area contributed by atoms with Crippen molar-refractivity contribution in [2.45, 2.75) is 59.3 Å². The highest BCUT2D eigenvalue weighted by molar-refractivity contribution is 5.75. The Morgan fingerprint density at radius 3 is 1.89 bits per heavy atom. The van der Waals surface area contributed by atoms with Gasteiger partial charge in [0.2, 0.25) is 0 Å². The van der Waals surface area contributed by atoms with Gasteiger partial charge in [-0.2, -0.15) is 0 Å². The topological polar surface area (TPSA) is 17.1 Å². The molecular weight excluding hydrogens is 220 g/mol. The highest BCUT2D eigenvalue weighted by atomic mass is 16.1. The summed E-state index contributed by atoms with van der Waals surface area (Å²) in [6, 6.07) is 8.48. The quantitative estimate of drug-likeness (QED) is 0.745. The van der Waals surface area contributed by atoms with Gasteiger partial charge in [-0.05, 0) is 33.1 Å². The van der Waals surface area contributed by atoms with E-state index in [0.717, 1.165) is 18.8 Å². The summed E-state index contributed by atoms with van der Waals surface area (Å²) in [7, 11) is 0. The molecule has 0 radical (unpaired) electrons. The first-order valence-electron chi connectivity index (χ1n) is 7.10. The van der Waals surface area contributed by atoms with Gasteiger partial charge in [0.05, 0.1) is 0 Å². The Morgan fingerprint density at radius 1 is 1.06 bits per heavy atom. The van der Waals surface area contributed by atoms with Crippen molar-refractivity contribution in [2.75, 3.05) is 0 Å². The second kappa shape index (κ2) is 8.07. The van der Waals surface area contributed by atoms with Crippen LogP contribution < -0.4 is 0 Å². The van der Waals surface area contributed by atoms with Crippen LogP contribution in [0.2, 0.25) is 0 Å². The molecule has 18 heavy (non-hydrogen) atoms. The predicted octanol–water partition coefficient (Wildman–Crippen LogP) is 4.85. The lowest BCUT2D eigenvalue weighted by atomic mass is 10.0. The van der Waals surface area contributed by atoms with E-state index in [1.165, 1.54) is 36.8 Å². The van der Waals surface area contributed by atoms with Crippen LogP contribution in [0.25, 0.3) is 0 Å². The summed E-state index contributed by atoms with van der Waals surface area (Å²) in [4.78, 5) is 10.6. The van der Waals surface area contributed by atoms with Crippen LogP contribution in [-0.4, -0.2) is 5.78 Å². The number of carbonyl (C=O) groups excluding carboxylic acids is 1. The molecule has 0 amide bonds. The highest BCUT2D eigenvalue weighted by Crippen LogP contribution is 2.28. The Bertz CT molecular complexity index is 323. The van der Waals surface area contributed by atoms with Crippen molar-refractivity contribution in [1.29, 1.82) is 0 Å². The fourth-order valence-electron chi connectivity index (χ4n) is 2.34. The van der Waals surface area contributed by atoms with Crippen molar-refractivity contribution in [2.24, 2.45) is 5.92 Å². The van der Waals surface area contributed by atoms with Gasteiger partial charge < -0.3 is 4.79 Å². The molecule has 1 nitrogen and oxygen atoms in total. The van der Waals surface area contributed by atoms with E-state index in [0.29, 0.717) is 5.78 Å². The molecule has 1 saturated carbocycles. The maximum Gasteiger partial charge on any atom is 0.129 e. The number of benzene rings is 1. The van der Waals surface area contributed by atoms with Gasteiger partial charge in [-0.3, -0.25) is 0 Å². The average Bonchev–Trinajstić information content (AvgIpc) is 2.84. The fraction of sp³-hybridized carbons (Fsp3) is 0.588.